The summed E-state index contributed by atoms with van der Waals surface area (Å²) in [6, 6.07) is 12.9. The molecule has 0 fully saturated rings. The van der Waals surface area contributed by atoms with Gasteiger partial charge in [0.15, 0.2) is 0 Å². The largest absolute Gasteiger partial charge is 0.497 e. The molecule has 0 saturated heterocycles. The van der Waals surface area contributed by atoms with E-state index in [-0.39, 0.29) is 19.0 Å². The number of halogens is 1. The molecule has 0 aliphatic carbocycles. The Morgan fingerprint density at radius 3 is 2.72 bits per heavy atom. The van der Waals surface area contributed by atoms with E-state index in [2.05, 4.69) is 15.9 Å². The standard InChI is InChI=1S/C19H17BrO5/c1-12-16-11-14(22-2)6-7-17(16)25-18(12)19(21)24-9-8-23-15-5-3-4-13(20)10-15/h3-7,10-11H,8-9H2,1-2H3. The average molecular weight is 405 g/mol. The first-order chi connectivity index (χ1) is 12.1. The van der Waals surface area contributed by atoms with Crippen LogP contribution in [0.4, 0.5) is 0 Å². The molecule has 1 aromatic heterocycles. The van der Waals surface area contributed by atoms with Gasteiger partial charge in [-0.1, -0.05) is 22.0 Å². The highest BCUT2D eigenvalue weighted by atomic mass is 79.9. The highest BCUT2D eigenvalue weighted by Crippen LogP contribution is 2.29. The topological polar surface area (TPSA) is 57.9 Å². The van der Waals surface area contributed by atoms with Crippen molar-refractivity contribution in [1.82, 2.24) is 0 Å². The van der Waals surface area contributed by atoms with Gasteiger partial charge in [0, 0.05) is 15.4 Å². The Balaban J connectivity index is 1.61. The molecule has 5 nitrogen and oxygen atoms in total. The molecule has 3 aromatic rings. The Morgan fingerprint density at radius 2 is 1.96 bits per heavy atom. The van der Waals surface area contributed by atoms with Gasteiger partial charge in [0.05, 0.1) is 7.11 Å². The molecular formula is C19H17BrO5. The summed E-state index contributed by atoms with van der Waals surface area (Å²) in [6.45, 7) is 2.21. The second kappa shape index (κ2) is 7.61. The summed E-state index contributed by atoms with van der Waals surface area (Å²) in [4.78, 5) is 12.2. The zero-order valence-electron chi connectivity index (χ0n) is 13.9. The SMILES string of the molecule is COc1ccc2oc(C(=O)OCCOc3cccc(Br)c3)c(C)c2c1. The predicted molar refractivity (Wildman–Crippen MR) is 97.4 cm³/mol. The normalized spacial score (nSPS) is 10.7. The Morgan fingerprint density at radius 1 is 1.12 bits per heavy atom. The van der Waals surface area contributed by atoms with E-state index in [9.17, 15) is 4.79 Å². The number of methoxy groups -OCH3 is 1. The van der Waals surface area contributed by atoms with Gasteiger partial charge < -0.3 is 18.6 Å². The summed E-state index contributed by atoms with van der Waals surface area (Å²) < 4.78 is 22.5. The molecule has 6 heteroatoms. The number of fused-ring (bicyclic) bond motifs is 1. The van der Waals surface area contributed by atoms with E-state index in [0.29, 0.717) is 17.1 Å². The number of carbonyl (C=O) groups excluding carboxylic acids is 1. The molecule has 0 atom stereocenters. The number of carbonyl (C=O) groups is 1. The number of esters is 1. The zero-order valence-corrected chi connectivity index (χ0v) is 15.5. The Hall–Kier alpha value is -2.47. The Labute approximate surface area is 153 Å². The number of ether oxygens (including phenoxy) is 3. The average Bonchev–Trinajstić information content (AvgIpc) is 2.95. The van der Waals surface area contributed by atoms with E-state index in [1.807, 2.05) is 37.3 Å². The summed E-state index contributed by atoms with van der Waals surface area (Å²) in [6.07, 6.45) is 0. The van der Waals surface area contributed by atoms with Crippen molar-refractivity contribution < 1.29 is 23.4 Å². The smallest absolute Gasteiger partial charge is 0.374 e. The molecule has 0 aliphatic rings. The maximum Gasteiger partial charge on any atom is 0.374 e. The first-order valence-corrected chi connectivity index (χ1v) is 8.50. The molecule has 3 rings (SSSR count). The quantitative estimate of drug-likeness (QED) is 0.438. The van der Waals surface area contributed by atoms with E-state index < -0.39 is 5.97 Å². The molecule has 0 radical (unpaired) electrons. The van der Waals surface area contributed by atoms with E-state index in [1.54, 1.807) is 19.2 Å². The predicted octanol–water partition coefficient (Wildman–Crippen LogP) is 4.75. The molecule has 0 amide bonds. The first kappa shape index (κ1) is 17.4. The van der Waals surface area contributed by atoms with Gasteiger partial charge in [-0.25, -0.2) is 4.79 Å². The van der Waals surface area contributed by atoms with Crippen LogP contribution in [0.2, 0.25) is 0 Å². The number of benzene rings is 2. The second-order valence-corrected chi connectivity index (χ2v) is 6.28. The van der Waals surface area contributed by atoms with Crippen LogP contribution in [0.15, 0.2) is 51.4 Å². The van der Waals surface area contributed by atoms with Crippen molar-refractivity contribution in [2.75, 3.05) is 20.3 Å². The lowest BCUT2D eigenvalue weighted by Gasteiger charge is -2.07. The van der Waals surface area contributed by atoms with Crippen LogP contribution in [0.3, 0.4) is 0 Å². The molecule has 25 heavy (non-hydrogen) atoms. The van der Waals surface area contributed by atoms with Crippen LogP contribution in [0.25, 0.3) is 11.0 Å². The van der Waals surface area contributed by atoms with Crippen molar-refractivity contribution in [3.05, 3.63) is 58.3 Å². The van der Waals surface area contributed by atoms with Crippen LogP contribution in [-0.2, 0) is 4.74 Å². The van der Waals surface area contributed by atoms with Crippen LogP contribution >= 0.6 is 15.9 Å². The summed E-state index contributed by atoms with van der Waals surface area (Å²) >= 11 is 3.37. The second-order valence-electron chi connectivity index (χ2n) is 5.36. The fraction of sp³-hybridized carbons (Fsp3) is 0.211. The summed E-state index contributed by atoms with van der Waals surface area (Å²) in [5, 5.41) is 0.830. The van der Waals surface area contributed by atoms with Crippen molar-refractivity contribution in [1.29, 1.82) is 0 Å². The minimum Gasteiger partial charge on any atom is -0.497 e. The number of hydrogen-bond donors (Lipinski definition) is 0. The number of furan rings is 1. The van der Waals surface area contributed by atoms with Gasteiger partial charge in [-0.2, -0.15) is 0 Å². The van der Waals surface area contributed by atoms with Gasteiger partial charge in [0.25, 0.3) is 0 Å². The molecule has 130 valence electrons. The molecule has 0 N–H and O–H groups in total. The molecular weight excluding hydrogens is 388 g/mol. The third kappa shape index (κ3) is 3.96. The minimum absolute atomic E-state index is 0.130. The molecule has 0 unspecified atom stereocenters. The summed E-state index contributed by atoms with van der Waals surface area (Å²) in [5.41, 5.74) is 1.35. The fourth-order valence-corrected chi connectivity index (χ4v) is 2.82. The van der Waals surface area contributed by atoms with E-state index in [4.69, 9.17) is 18.6 Å². The van der Waals surface area contributed by atoms with Crippen LogP contribution < -0.4 is 9.47 Å². The number of aryl methyl sites for hydroxylation is 1. The van der Waals surface area contributed by atoms with Crippen molar-refractivity contribution in [2.45, 2.75) is 6.92 Å². The first-order valence-electron chi connectivity index (χ1n) is 7.71. The van der Waals surface area contributed by atoms with E-state index in [0.717, 1.165) is 15.4 Å². The molecule has 0 spiro atoms. The molecule has 0 saturated carbocycles. The van der Waals surface area contributed by atoms with Crippen LogP contribution in [-0.4, -0.2) is 26.3 Å². The van der Waals surface area contributed by atoms with Gasteiger partial charge in [-0.3, -0.25) is 0 Å². The lowest BCUT2D eigenvalue weighted by atomic mass is 10.1. The van der Waals surface area contributed by atoms with Crippen molar-refractivity contribution in [2.24, 2.45) is 0 Å². The van der Waals surface area contributed by atoms with E-state index in [1.165, 1.54) is 0 Å². The van der Waals surface area contributed by atoms with Gasteiger partial charge in [0.1, 0.15) is 30.3 Å². The lowest BCUT2D eigenvalue weighted by Crippen LogP contribution is -2.12. The minimum atomic E-state index is -0.509. The highest BCUT2D eigenvalue weighted by molar-refractivity contribution is 9.10. The molecule has 0 bridgehead atoms. The van der Waals surface area contributed by atoms with Crippen LogP contribution in [0.5, 0.6) is 11.5 Å². The van der Waals surface area contributed by atoms with Crippen molar-refractivity contribution in [3.8, 4) is 11.5 Å². The van der Waals surface area contributed by atoms with Gasteiger partial charge >= 0.3 is 5.97 Å². The van der Waals surface area contributed by atoms with Gasteiger partial charge in [-0.15, -0.1) is 0 Å². The number of hydrogen-bond acceptors (Lipinski definition) is 5. The number of rotatable bonds is 6. The maximum atomic E-state index is 12.2. The lowest BCUT2D eigenvalue weighted by molar-refractivity contribution is 0.0416. The summed E-state index contributed by atoms with van der Waals surface area (Å²) in [5.74, 6) is 1.10. The third-order valence-electron chi connectivity index (χ3n) is 3.71. The monoisotopic (exact) mass is 404 g/mol. The van der Waals surface area contributed by atoms with E-state index >= 15 is 0 Å². The Bertz CT molecular complexity index is 900. The van der Waals surface area contributed by atoms with Crippen molar-refractivity contribution in [3.63, 3.8) is 0 Å². The fourth-order valence-electron chi connectivity index (χ4n) is 2.44. The molecule has 1 heterocycles. The van der Waals surface area contributed by atoms with Gasteiger partial charge in [-0.05, 0) is 43.3 Å². The van der Waals surface area contributed by atoms with Crippen LogP contribution in [0, 0.1) is 6.92 Å². The summed E-state index contributed by atoms with van der Waals surface area (Å²) in [7, 11) is 1.59. The molecule has 2 aromatic carbocycles. The third-order valence-corrected chi connectivity index (χ3v) is 4.20. The molecule has 0 aliphatic heterocycles. The van der Waals surface area contributed by atoms with Gasteiger partial charge in [0.2, 0.25) is 5.76 Å². The Kier molecular flexibility index (Phi) is 5.28. The zero-order chi connectivity index (χ0) is 17.8. The maximum absolute atomic E-state index is 12.2. The van der Waals surface area contributed by atoms with Crippen molar-refractivity contribution >= 4 is 32.9 Å². The highest BCUT2D eigenvalue weighted by Gasteiger charge is 2.19. The van der Waals surface area contributed by atoms with Crippen LogP contribution in [0.1, 0.15) is 16.1 Å².